The molecule has 0 saturated heterocycles. The van der Waals surface area contributed by atoms with E-state index in [0.29, 0.717) is 0 Å². The summed E-state index contributed by atoms with van der Waals surface area (Å²) in [5, 5.41) is 0. The second-order valence-electron chi connectivity index (χ2n) is 4.19. The van der Waals surface area contributed by atoms with Gasteiger partial charge in [-0.1, -0.05) is 26.7 Å². The van der Waals surface area contributed by atoms with Gasteiger partial charge in [0, 0.05) is 5.92 Å². The lowest BCUT2D eigenvalue weighted by Crippen LogP contribution is -2.37. The van der Waals surface area contributed by atoms with Crippen LogP contribution >= 0.6 is 0 Å². The summed E-state index contributed by atoms with van der Waals surface area (Å²) in [6, 6.07) is 0. The molecule has 2 nitrogen and oxygen atoms in total. The molecule has 1 aliphatic carbocycles. The maximum Gasteiger partial charge on any atom is 0.221 e. The van der Waals surface area contributed by atoms with Crippen molar-refractivity contribution < 1.29 is 4.79 Å². The third-order valence-electron chi connectivity index (χ3n) is 2.85. The van der Waals surface area contributed by atoms with Gasteiger partial charge in [-0.15, -0.1) is 0 Å². The zero-order valence-electron chi connectivity index (χ0n) is 7.39. The maximum absolute atomic E-state index is 11.0. The fraction of sp³-hybridized carbons (Fsp3) is 0.889. The van der Waals surface area contributed by atoms with Gasteiger partial charge in [-0.05, 0) is 18.3 Å². The molecule has 1 amide bonds. The summed E-state index contributed by atoms with van der Waals surface area (Å²) >= 11 is 0. The first kappa shape index (κ1) is 8.57. The van der Waals surface area contributed by atoms with Gasteiger partial charge < -0.3 is 5.73 Å². The van der Waals surface area contributed by atoms with Gasteiger partial charge in [0.2, 0.25) is 5.91 Å². The van der Waals surface area contributed by atoms with Crippen molar-refractivity contribution in [3.05, 3.63) is 0 Å². The second-order valence-corrected chi connectivity index (χ2v) is 4.19. The molecule has 0 unspecified atom stereocenters. The van der Waals surface area contributed by atoms with Crippen LogP contribution in [0.3, 0.4) is 0 Å². The number of amides is 1. The number of carbonyl (C=O) groups is 1. The lowest BCUT2D eigenvalue weighted by Gasteiger charge is -2.36. The van der Waals surface area contributed by atoms with Crippen molar-refractivity contribution in [1.29, 1.82) is 0 Å². The molecule has 0 heterocycles. The summed E-state index contributed by atoms with van der Waals surface area (Å²) in [5.41, 5.74) is 5.45. The molecule has 1 atom stereocenters. The zero-order valence-corrected chi connectivity index (χ0v) is 7.39. The van der Waals surface area contributed by atoms with Crippen LogP contribution in [0.25, 0.3) is 0 Å². The number of carbonyl (C=O) groups excluding carboxylic acids is 1. The van der Waals surface area contributed by atoms with E-state index in [2.05, 4.69) is 13.8 Å². The molecule has 11 heavy (non-hydrogen) atoms. The summed E-state index contributed by atoms with van der Waals surface area (Å²) in [6.07, 6.45) is 4.54. The number of rotatable bonds is 1. The van der Waals surface area contributed by atoms with Crippen LogP contribution in [0.1, 0.15) is 39.5 Å². The van der Waals surface area contributed by atoms with Crippen molar-refractivity contribution in [2.75, 3.05) is 0 Å². The van der Waals surface area contributed by atoms with E-state index in [0.717, 1.165) is 19.3 Å². The lowest BCUT2D eigenvalue weighted by molar-refractivity contribution is -0.126. The molecule has 1 rings (SSSR count). The van der Waals surface area contributed by atoms with Crippen molar-refractivity contribution in [2.45, 2.75) is 39.5 Å². The molecular weight excluding hydrogens is 138 g/mol. The van der Waals surface area contributed by atoms with E-state index in [9.17, 15) is 4.79 Å². The van der Waals surface area contributed by atoms with Gasteiger partial charge in [0.15, 0.2) is 0 Å². The van der Waals surface area contributed by atoms with Crippen molar-refractivity contribution in [2.24, 2.45) is 17.1 Å². The number of hydrogen-bond donors (Lipinski definition) is 1. The second kappa shape index (κ2) is 2.84. The highest BCUT2D eigenvalue weighted by Gasteiger charge is 2.35. The van der Waals surface area contributed by atoms with Gasteiger partial charge in [-0.25, -0.2) is 0 Å². The van der Waals surface area contributed by atoms with Crippen LogP contribution < -0.4 is 5.73 Å². The molecule has 0 aliphatic heterocycles. The summed E-state index contributed by atoms with van der Waals surface area (Å²) in [7, 11) is 0. The molecule has 2 heteroatoms. The summed E-state index contributed by atoms with van der Waals surface area (Å²) in [5.74, 6) is -0.00838. The first-order valence-corrected chi connectivity index (χ1v) is 4.33. The molecule has 0 bridgehead atoms. The lowest BCUT2D eigenvalue weighted by atomic mass is 9.68. The first-order chi connectivity index (χ1) is 5.04. The molecule has 1 aliphatic rings. The Labute approximate surface area is 68.2 Å². The molecule has 0 aromatic carbocycles. The third kappa shape index (κ3) is 1.73. The highest BCUT2D eigenvalue weighted by molar-refractivity contribution is 5.77. The number of primary amides is 1. The summed E-state index contributed by atoms with van der Waals surface area (Å²) in [6.45, 7) is 4.28. The van der Waals surface area contributed by atoms with Gasteiger partial charge in [0.25, 0.3) is 0 Å². The van der Waals surface area contributed by atoms with E-state index in [1.54, 1.807) is 0 Å². The Bertz CT molecular complexity index is 163. The van der Waals surface area contributed by atoms with Gasteiger partial charge in [0.05, 0.1) is 0 Å². The van der Waals surface area contributed by atoms with Crippen molar-refractivity contribution in [1.82, 2.24) is 0 Å². The molecule has 2 N–H and O–H groups in total. The van der Waals surface area contributed by atoms with Crippen LogP contribution in [0.5, 0.6) is 0 Å². The van der Waals surface area contributed by atoms with Gasteiger partial charge in [-0.3, -0.25) is 4.79 Å². The van der Waals surface area contributed by atoms with E-state index in [4.69, 9.17) is 5.73 Å². The summed E-state index contributed by atoms with van der Waals surface area (Å²) in [4.78, 5) is 11.0. The fourth-order valence-corrected chi connectivity index (χ4v) is 2.02. The molecule has 64 valence electrons. The molecule has 0 spiro atoms. The topological polar surface area (TPSA) is 43.1 Å². The van der Waals surface area contributed by atoms with Crippen molar-refractivity contribution in [3.63, 3.8) is 0 Å². The van der Waals surface area contributed by atoms with Gasteiger partial charge >= 0.3 is 0 Å². The van der Waals surface area contributed by atoms with Crippen LogP contribution in [-0.2, 0) is 4.79 Å². The highest BCUT2D eigenvalue weighted by atomic mass is 16.1. The molecule has 0 aromatic rings. The highest BCUT2D eigenvalue weighted by Crippen LogP contribution is 2.39. The average Bonchev–Trinajstić information content (AvgIpc) is 1.85. The minimum atomic E-state index is -0.116. The largest absolute Gasteiger partial charge is 0.369 e. The molecule has 1 fully saturated rings. The van der Waals surface area contributed by atoms with E-state index < -0.39 is 0 Å². The predicted octanol–water partition coefficient (Wildman–Crippen LogP) is 1.69. The maximum atomic E-state index is 11.0. The minimum absolute atomic E-state index is 0.108. The van der Waals surface area contributed by atoms with Gasteiger partial charge in [0.1, 0.15) is 0 Å². The van der Waals surface area contributed by atoms with Crippen LogP contribution in [0.2, 0.25) is 0 Å². The van der Waals surface area contributed by atoms with Crippen LogP contribution in [0.15, 0.2) is 0 Å². The van der Waals surface area contributed by atoms with Crippen LogP contribution in [0.4, 0.5) is 0 Å². The Morgan fingerprint density at radius 1 is 1.45 bits per heavy atom. The SMILES string of the molecule is CC1(C)CCCC[C@H]1C(N)=O. The smallest absolute Gasteiger partial charge is 0.221 e. The normalized spacial score (nSPS) is 29.8. The van der Waals surface area contributed by atoms with E-state index >= 15 is 0 Å². The number of hydrogen-bond acceptors (Lipinski definition) is 1. The Morgan fingerprint density at radius 2 is 2.09 bits per heavy atom. The molecule has 0 radical (unpaired) electrons. The average molecular weight is 155 g/mol. The standard InChI is InChI=1S/C9H17NO/c1-9(2)6-4-3-5-7(9)8(10)11/h7H,3-6H2,1-2H3,(H2,10,11)/t7-/m0/s1. The zero-order chi connectivity index (χ0) is 8.48. The molecule has 1 saturated carbocycles. The minimum Gasteiger partial charge on any atom is -0.369 e. The van der Waals surface area contributed by atoms with Crippen molar-refractivity contribution in [3.8, 4) is 0 Å². The fourth-order valence-electron chi connectivity index (χ4n) is 2.02. The first-order valence-electron chi connectivity index (χ1n) is 4.33. The van der Waals surface area contributed by atoms with E-state index in [1.165, 1.54) is 6.42 Å². The Hall–Kier alpha value is -0.530. The van der Waals surface area contributed by atoms with E-state index in [-0.39, 0.29) is 17.2 Å². The monoisotopic (exact) mass is 155 g/mol. The molecular formula is C9H17NO. The summed E-state index contributed by atoms with van der Waals surface area (Å²) < 4.78 is 0. The Kier molecular flexibility index (Phi) is 2.21. The quantitative estimate of drug-likeness (QED) is 0.615. The Morgan fingerprint density at radius 3 is 2.45 bits per heavy atom. The van der Waals surface area contributed by atoms with Gasteiger partial charge in [-0.2, -0.15) is 0 Å². The van der Waals surface area contributed by atoms with Crippen molar-refractivity contribution >= 4 is 5.91 Å². The molecule has 0 aromatic heterocycles. The van der Waals surface area contributed by atoms with E-state index in [1.807, 2.05) is 0 Å². The predicted molar refractivity (Wildman–Crippen MR) is 44.9 cm³/mol. The Balaban J connectivity index is 2.67. The number of nitrogens with two attached hydrogens (primary N) is 1. The third-order valence-corrected chi connectivity index (χ3v) is 2.85. The van der Waals surface area contributed by atoms with Crippen LogP contribution in [0, 0.1) is 11.3 Å². The van der Waals surface area contributed by atoms with Crippen LogP contribution in [-0.4, -0.2) is 5.91 Å².